The van der Waals surface area contributed by atoms with E-state index in [0.29, 0.717) is 30.3 Å². The molecular weight excluding hydrogens is 182 g/mol. The Labute approximate surface area is 81.5 Å². The maximum Gasteiger partial charge on any atom is 0.259 e. The van der Waals surface area contributed by atoms with Gasteiger partial charge in [-0.15, -0.1) is 0 Å². The van der Waals surface area contributed by atoms with Gasteiger partial charge >= 0.3 is 0 Å². The molecule has 0 saturated heterocycles. The zero-order valence-electron chi connectivity index (χ0n) is 7.86. The highest BCUT2D eigenvalue weighted by molar-refractivity contribution is 5.97. The summed E-state index contributed by atoms with van der Waals surface area (Å²) in [5.41, 5.74) is 6.46. The first-order chi connectivity index (χ1) is 6.68. The number of likely N-dealkylation sites (N-methyl/N-ethyl adjacent to an activating group) is 1. The molecule has 5 heteroatoms. The molecule has 1 aliphatic heterocycles. The van der Waals surface area contributed by atoms with Crippen LogP contribution in [0.1, 0.15) is 10.4 Å². The van der Waals surface area contributed by atoms with Crippen LogP contribution in [0.4, 0.5) is 5.69 Å². The molecule has 0 atom stereocenters. The molecule has 0 fully saturated rings. The van der Waals surface area contributed by atoms with E-state index in [2.05, 4.69) is 4.98 Å². The van der Waals surface area contributed by atoms with Crippen molar-refractivity contribution in [2.45, 2.75) is 0 Å². The lowest BCUT2D eigenvalue weighted by Crippen LogP contribution is -2.27. The van der Waals surface area contributed by atoms with Gasteiger partial charge in [-0.1, -0.05) is 0 Å². The maximum absolute atomic E-state index is 11.7. The molecule has 0 spiro atoms. The van der Waals surface area contributed by atoms with Crippen LogP contribution < -0.4 is 10.5 Å². The molecule has 5 nitrogen and oxygen atoms in total. The van der Waals surface area contributed by atoms with Gasteiger partial charge in [0, 0.05) is 7.05 Å². The first kappa shape index (κ1) is 8.80. The van der Waals surface area contributed by atoms with E-state index in [0.717, 1.165) is 0 Å². The lowest BCUT2D eigenvalue weighted by atomic mass is 10.2. The number of anilines is 1. The second-order valence-electron chi connectivity index (χ2n) is 3.20. The SMILES string of the molecule is CN1CCOc2ncc(N)cc2C1=O. The molecule has 14 heavy (non-hydrogen) atoms. The number of pyridine rings is 1. The van der Waals surface area contributed by atoms with E-state index in [4.69, 9.17) is 10.5 Å². The number of rotatable bonds is 0. The number of nitrogens with zero attached hydrogens (tertiary/aromatic N) is 2. The van der Waals surface area contributed by atoms with Gasteiger partial charge in [0.25, 0.3) is 5.91 Å². The molecule has 2 N–H and O–H groups in total. The van der Waals surface area contributed by atoms with E-state index in [1.165, 1.54) is 6.20 Å². The van der Waals surface area contributed by atoms with Gasteiger partial charge in [-0.3, -0.25) is 4.79 Å². The molecule has 1 aliphatic rings. The number of ether oxygens (including phenoxy) is 1. The summed E-state index contributed by atoms with van der Waals surface area (Å²) in [5, 5.41) is 0. The summed E-state index contributed by atoms with van der Waals surface area (Å²) in [6.45, 7) is 1.03. The van der Waals surface area contributed by atoms with Crippen LogP contribution >= 0.6 is 0 Å². The summed E-state index contributed by atoms with van der Waals surface area (Å²) in [5.74, 6) is 0.269. The van der Waals surface area contributed by atoms with E-state index in [1.54, 1.807) is 18.0 Å². The van der Waals surface area contributed by atoms with Crippen LogP contribution in [0, 0.1) is 0 Å². The lowest BCUT2D eigenvalue weighted by Gasteiger charge is -2.11. The van der Waals surface area contributed by atoms with Crippen molar-refractivity contribution in [2.75, 3.05) is 25.9 Å². The number of fused-ring (bicyclic) bond motifs is 1. The Morgan fingerprint density at radius 1 is 1.64 bits per heavy atom. The predicted octanol–water partition coefficient (Wildman–Crippen LogP) is 0.128. The van der Waals surface area contributed by atoms with E-state index < -0.39 is 0 Å². The average Bonchev–Trinajstić information content (AvgIpc) is 2.30. The van der Waals surface area contributed by atoms with Gasteiger partial charge in [-0.25, -0.2) is 4.98 Å². The number of carbonyl (C=O) groups is 1. The van der Waals surface area contributed by atoms with E-state index in [9.17, 15) is 4.79 Å². The van der Waals surface area contributed by atoms with E-state index in [-0.39, 0.29) is 5.91 Å². The molecule has 2 heterocycles. The maximum atomic E-state index is 11.7. The van der Waals surface area contributed by atoms with Crippen molar-refractivity contribution in [3.05, 3.63) is 17.8 Å². The van der Waals surface area contributed by atoms with Crippen molar-refractivity contribution in [3.63, 3.8) is 0 Å². The molecule has 0 aromatic carbocycles. The smallest absolute Gasteiger partial charge is 0.259 e. The Morgan fingerprint density at radius 3 is 3.21 bits per heavy atom. The van der Waals surface area contributed by atoms with Crippen molar-refractivity contribution in [3.8, 4) is 5.88 Å². The largest absolute Gasteiger partial charge is 0.475 e. The van der Waals surface area contributed by atoms with Gasteiger partial charge in [-0.05, 0) is 6.07 Å². The van der Waals surface area contributed by atoms with Crippen molar-refractivity contribution in [1.29, 1.82) is 0 Å². The highest BCUT2D eigenvalue weighted by Crippen LogP contribution is 2.21. The summed E-state index contributed by atoms with van der Waals surface area (Å²) in [7, 11) is 1.73. The van der Waals surface area contributed by atoms with Crippen LogP contribution in [0.25, 0.3) is 0 Å². The standard InChI is InChI=1S/C9H11N3O2/c1-12-2-3-14-8-7(9(12)13)4-6(10)5-11-8/h4-5H,2-3,10H2,1H3. The predicted molar refractivity (Wildman–Crippen MR) is 51.1 cm³/mol. The highest BCUT2D eigenvalue weighted by Gasteiger charge is 2.21. The number of amides is 1. The Morgan fingerprint density at radius 2 is 2.43 bits per heavy atom. The summed E-state index contributed by atoms with van der Waals surface area (Å²) in [6, 6.07) is 1.59. The summed E-state index contributed by atoms with van der Waals surface area (Å²) in [4.78, 5) is 17.3. The molecule has 1 aromatic heterocycles. The van der Waals surface area contributed by atoms with Crippen LogP contribution in [-0.4, -0.2) is 36.0 Å². The average molecular weight is 193 g/mol. The minimum Gasteiger partial charge on any atom is -0.475 e. The lowest BCUT2D eigenvalue weighted by molar-refractivity contribution is 0.0797. The van der Waals surface area contributed by atoms with Crippen molar-refractivity contribution < 1.29 is 9.53 Å². The van der Waals surface area contributed by atoms with Crippen LogP contribution in [-0.2, 0) is 0 Å². The number of aromatic nitrogens is 1. The molecule has 0 unspecified atom stereocenters. The highest BCUT2D eigenvalue weighted by atomic mass is 16.5. The minimum atomic E-state index is -0.0997. The molecule has 2 rings (SSSR count). The quantitative estimate of drug-likeness (QED) is 0.635. The number of carbonyl (C=O) groups excluding carboxylic acids is 1. The fraction of sp³-hybridized carbons (Fsp3) is 0.333. The molecule has 1 amide bonds. The number of hydrogen-bond donors (Lipinski definition) is 1. The molecule has 0 saturated carbocycles. The summed E-state index contributed by atoms with van der Waals surface area (Å²) in [6.07, 6.45) is 1.48. The molecule has 1 aromatic rings. The van der Waals surface area contributed by atoms with Crippen molar-refractivity contribution >= 4 is 11.6 Å². The fourth-order valence-electron chi connectivity index (χ4n) is 1.32. The van der Waals surface area contributed by atoms with Gasteiger partial charge in [-0.2, -0.15) is 0 Å². The van der Waals surface area contributed by atoms with Crippen LogP contribution in [0.2, 0.25) is 0 Å². The molecular formula is C9H11N3O2. The molecule has 0 aliphatic carbocycles. The van der Waals surface area contributed by atoms with Gasteiger partial charge in [0.15, 0.2) is 0 Å². The second kappa shape index (κ2) is 3.17. The van der Waals surface area contributed by atoms with Crippen molar-refractivity contribution in [1.82, 2.24) is 9.88 Å². The third kappa shape index (κ3) is 1.37. The summed E-state index contributed by atoms with van der Waals surface area (Å²) < 4.78 is 5.32. The Hall–Kier alpha value is -1.78. The molecule has 0 radical (unpaired) electrons. The third-order valence-electron chi connectivity index (χ3n) is 2.11. The zero-order chi connectivity index (χ0) is 10.1. The molecule has 74 valence electrons. The number of hydrogen-bond acceptors (Lipinski definition) is 4. The second-order valence-corrected chi connectivity index (χ2v) is 3.20. The first-order valence-corrected chi connectivity index (χ1v) is 4.32. The van der Waals surface area contributed by atoms with E-state index >= 15 is 0 Å². The topological polar surface area (TPSA) is 68.4 Å². The van der Waals surface area contributed by atoms with Crippen molar-refractivity contribution in [2.24, 2.45) is 0 Å². The molecule has 0 bridgehead atoms. The minimum absolute atomic E-state index is 0.0997. The van der Waals surface area contributed by atoms with Crippen LogP contribution in [0.5, 0.6) is 5.88 Å². The Balaban J connectivity index is 2.50. The van der Waals surface area contributed by atoms with Gasteiger partial charge in [0.1, 0.15) is 12.2 Å². The normalized spacial score (nSPS) is 15.8. The zero-order valence-corrected chi connectivity index (χ0v) is 7.86. The fourth-order valence-corrected chi connectivity index (χ4v) is 1.32. The number of nitrogen functional groups attached to an aromatic ring is 1. The van der Waals surface area contributed by atoms with Gasteiger partial charge in [0.05, 0.1) is 18.4 Å². The Bertz CT molecular complexity index is 378. The monoisotopic (exact) mass is 193 g/mol. The van der Waals surface area contributed by atoms with Crippen LogP contribution in [0.3, 0.4) is 0 Å². The summed E-state index contributed by atoms with van der Waals surface area (Å²) >= 11 is 0. The Kier molecular flexibility index (Phi) is 1.99. The van der Waals surface area contributed by atoms with Crippen LogP contribution in [0.15, 0.2) is 12.3 Å². The number of nitrogens with two attached hydrogens (primary N) is 1. The van der Waals surface area contributed by atoms with E-state index in [1.807, 2.05) is 0 Å². The van der Waals surface area contributed by atoms with Gasteiger partial charge in [0.2, 0.25) is 5.88 Å². The third-order valence-corrected chi connectivity index (χ3v) is 2.11. The van der Waals surface area contributed by atoms with Gasteiger partial charge < -0.3 is 15.4 Å². The first-order valence-electron chi connectivity index (χ1n) is 4.32.